The molecule has 1 heterocycles. The van der Waals surface area contributed by atoms with Gasteiger partial charge in [-0.25, -0.2) is 13.1 Å². The third-order valence-corrected chi connectivity index (χ3v) is 4.97. The first-order valence-corrected chi connectivity index (χ1v) is 8.64. The molecule has 22 heavy (non-hydrogen) atoms. The summed E-state index contributed by atoms with van der Waals surface area (Å²) in [5, 5.41) is 0. The zero-order chi connectivity index (χ0) is 16.5. The second kappa shape index (κ2) is 5.98. The number of amides is 1. The molecule has 2 rings (SSSR count). The van der Waals surface area contributed by atoms with Crippen LogP contribution in [0, 0.1) is 0 Å². The van der Waals surface area contributed by atoms with E-state index in [2.05, 4.69) is 4.72 Å². The molecule has 1 aliphatic rings. The van der Waals surface area contributed by atoms with Crippen molar-refractivity contribution < 1.29 is 17.9 Å². The molecule has 6 nitrogen and oxygen atoms in total. The van der Waals surface area contributed by atoms with Crippen molar-refractivity contribution in [3.05, 3.63) is 29.8 Å². The lowest BCUT2D eigenvalue weighted by Crippen LogP contribution is -2.53. The van der Waals surface area contributed by atoms with E-state index >= 15 is 0 Å². The maximum absolute atomic E-state index is 12.6. The van der Waals surface area contributed by atoms with Crippen molar-refractivity contribution in [2.45, 2.75) is 37.4 Å². The highest BCUT2D eigenvalue weighted by Gasteiger charge is 2.34. The highest BCUT2D eigenvalue weighted by Crippen LogP contribution is 2.22. The minimum absolute atomic E-state index is 0.0309. The van der Waals surface area contributed by atoms with Gasteiger partial charge in [-0.1, -0.05) is 0 Å². The van der Waals surface area contributed by atoms with Gasteiger partial charge in [-0.15, -0.1) is 0 Å². The summed E-state index contributed by atoms with van der Waals surface area (Å²) in [4.78, 5) is 14.5. The number of carbonyl (C=O) groups excluding carboxylic acids is 1. The average Bonchev–Trinajstić information content (AvgIpc) is 2.44. The van der Waals surface area contributed by atoms with Gasteiger partial charge >= 0.3 is 0 Å². The number of nitrogens with zero attached hydrogens (tertiary/aromatic N) is 1. The molecule has 0 radical (unpaired) electrons. The van der Waals surface area contributed by atoms with Crippen LogP contribution < -0.4 is 4.72 Å². The van der Waals surface area contributed by atoms with E-state index in [4.69, 9.17) is 4.74 Å². The smallest absolute Gasteiger partial charge is 0.254 e. The molecule has 0 aromatic heterocycles. The first-order valence-electron chi connectivity index (χ1n) is 7.15. The van der Waals surface area contributed by atoms with Crippen molar-refractivity contribution in [3.63, 3.8) is 0 Å². The van der Waals surface area contributed by atoms with E-state index in [0.717, 1.165) is 0 Å². The van der Waals surface area contributed by atoms with Gasteiger partial charge in [-0.3, -0.25) is 4.79 Å². The van der Waals surface area contributed by atoms with E-state index in [1.807, 2.05) is 20.8 Å². The third-order valence-electron chi connectivity index (χ3n) is 3.54. The van der Waals surface area contributed by atoms with Gasteiger partial charge in [0.1, 0.15) is 0 Å². The zero-order valence-corrected chi connectivity index (χ0v) is 14.1. The van der Waals surface area contributed by atoms with E-state index < -0.39 is 10.0 Å². The summed E-state index contributed by atoms with van der Waals surface area (Å²) in [6.45, 7) is 6.87. The Balaban J connectivity index is 2.20. The largest absolute Gasteiger partial charge is 0.369 e. The van der Waals surface area contributed by atoms with Crippen molar-refractivity contribution >= 4 is 15.9 Å². The van der Waals surface area contributed by atoms with Gasteiger partial charge in [0.25, 0.3) is 5.91 Å². The van der Waals surface area contributed by atoms with Gasteiger partial charge in [0, 0.05) is 18.7 Å². The number of ether oxygens (including phenoxy) is 1. The van der Waals surface area contributed by atoms with Crippen LogP contribution in [0.3, 0.4) is 0 Å². The van der Waals surface area contributed by atoms with Crippen LogP contribution in [0.25, 0.3) is 0 Å². The Bertz CT molecular complexity index is 653. The van der Waals surface area contributed by atoms with Crippen LogP contribution >= 0.6 is 0 Å². The number of nitrogens with one attached hydrogen (secondary N) is 1. The van der Waals surface area contributed by atoms with Crippen molar-refractivity contribution in [1.82, 2.24) is 9.62 Å². The first kappa shape index (κ1) is 16.9. The molecule has 1 unspecified atom stereocenters. The van der Waals surface area contributed by atoms with Crippen molar-refractivity contribution in [2.24, 2.45) is 0 Å². The molecule has 1 amide bonds. The number of sulfonamides is 1. The number of hydrogen-bond donors (Lipinski definition) is 1. The first-order chi connectivity index (χ1) is 10.1. The highest BCUT2D eigenvalue weighted by atomic mass is 32.2. The van der Waals surface area contributed by atoms with Crippen molar-refractivity contribution in [1.29, 1.82) is 0 Å². The Kier molecular flexibility index (Phi) is 4.60. The molecular weight excluding hydrogens is 304 g/mol. The summed E-state index contributed by atoms with van der Waals surface area (Å²) in [6.07, 6.45) is -0.0309. The lowest BCUT2D eigenvalue weighted by atomic mass is 10.0. The minimum Gasteiger partial charge on any atom is -0.369 e. The highest BCUT2D eigenvalue weighted by molar-refractivity contribution is 7.89. The van der Waals surface area contributed by atoms with Gasteiger partial charge in [0.05, 0.1) is 16.6 Å². The summed E-state index contributed by atoms with van der Waals surface area (Å²) in [5.74, 6) is -0.114. The summed E-state index contributed by atoms with van der Waals surface area (Å²) < 4.78 is 31.4. The van der Waals surface area contributed by atoms with E-state index in [-0.39, 0.29) is 22.5 Å². The third kappa shape index (κ3) is 3.66. The van der Waals surface area contributed by atoms with Crippen LogP contribution in [0.2, 0.25) is 0 Å². The zero-order valence-electron chi connectivity index (χ0n) is 13.3. The quantitative estimate of drug-likeness (QED) is 0.906. The van der Waals surface area contributed by atoms with Crippen LogP contribution in [-0.4, -0.2) is 51.1 Å². The van der Waals surface area contributed by atoms with E-state index in [9.17, 15) is 13.2 Å². The predicted octanol–water partition coefficient (Wildman–Crippen LogP) is 1.23. The lowest BCUT2D eigenvalue weighted by Gasteiger charge is -2.41. The molecule has 1 N–H and O–H groups in total. The van der Waals surface area contributed by atoms with Crippen LogP contribution in [-0.2, 0) is 14.8 Å². The van der Waals surface area contributed by atoms with Crippen LogP contribution in [0.15, 0.2) is 29.2 Å². The minimum atomic E-state index is -3.49. The van der Waals surface area contributed by atoms with Gasteiger partial charge in [0.15, 0.2) is 0 Å². The monoisotopic (exact) mass is 326 g/mol. The van der Waals surface area contributed by atoms with E-state index in [1.165, 1.54) is 19.2 Å². The molecular formula is C15H22N2O4S. The fourth-order valence-corrected chi connectivity index (χ4v) is 3.42. The maximum atomic E-state index is 12.6. The van der Waals surface area contributed by atoms with E-state index in [1.54, 1.807) is 17.0 Å². The Hall–Kier alpha value is -1.44. The predicted molar refractivity (Wildman–Crippen MR) is 83.2 cm³/mol. The fourth-order valence-electron chi connectivity index (χ4n) is 2.69. The number of carbonyl (C=O) groups is 1. The summed E-state index contributed by atoms with van der Waals surface area (Å²) in [6, 6.07) is 5.96. The molecule has 0 saturated carbocycles. The molecule has 1 aromatic rings. The van der Waals surface area contributed by atoms with Crippen molar-refractivity contribution in [2.75, 3.05) is 20.1 Å². The molecule has 1 aromatic carbocycles. The molecule has 7 heteroatoms. The standard InChI is InChI=1S/C15H22N2O4S/c1-11-9-17(10-15(2,3)21-11)14(18)12-5-7-13(8-6-12)22(19,20)16-4/h5-8,11,16H,9-10H2,1-4H3. The molecule has 122 valence electrons. The molecule has 0 aliphatic carbocycles. The molecule has 1 fully saturated rings. The number of morpholine rings is 1. The van der Waals surface area contributed by atoms with E-state index in [0.29, 0.717) is 18.7 Å². The Morgan fingerprint density at radius 3 is 2.41 bits per heavy atom. The van der Waals surface area contributed by atoms with Crippen LogP contribution in [0.5, 0.6) is 0 Å². The molecule has 1 saturated heterocycles. The Morgan fingerprint density at radius 2 is 1.91 bits per heavy atom. The van der Waals surface area contributed by atoms with Crippen LogP contribution in [0.1, 0.15) is 31.1 Å². The van der Waals surface area contributed by atoms with Crippen molar-refractivity contribution in [3.8, 4) is 0 Å². The van der Waals surface area contributed by atoms with Gasteiger partial charge in [-0.05, 0) is 52.1 Å². The fraction of sp³-hybridized carbons (Fsp3) is 0.533. The second-order valence-corrected chi connectivity index (χ2v) is 7.99. The molecule has 0 bridgehead atoms. The van der Waals surface area contributed by atoms with Gasteiger partial charge in [0.2, 0.25) is 10.0 Å². The second-order valence-electron chi connectivity index (χ2n) is 6.11. The Labute approximate surface area is 131 Å². The summed E-state index contributed by atoms with van der Waals surface area (Å²) in [5.41, 5.74) is 0.0860. The normalized spacial score (nSPS) is 21.6. The van der Waals surface area contributed by atoms with Gasteiger partial charge in [-0.2, -0.15) is 0 Å². The number of benzene rings is 1. The Morgan fingerprint density at radius 1 is 1.32 bits per heavy atom. The number of rotatable bonds is 3. The maximum Gasteiger partial charge on any atom is 0.254 e. The summed E-state index contributed by atoms with van der Waals surface area (Å²) in [7, 11) is -2.13. The lowest BCUT2D eigenvalue weighted by molar-refractivity contribution is -0.118. The average molecular weight is 326 g/mol. The van der Waals surface area contributed by atoms with Crippen LogP contribution in [0.4, 0.5) is 0 Å². The number of hydrogen-bond acceptors (Lipinski definition) is 4. The molecule has 1 aliphatic heterocycles. The van der Waals surface area contributed by atoms with Gasteiger partial charge < -0.3 is 9.64 Å². The molecule has 1 atom stereocenters. The molecule has 0 spiro atoms. The summed E-state index contributed by atoms with van der Waals surface area (Å²) >= 11 is 0. The topological polar surface area (TPSA) is 75.7 Å². The SMILES string of the molecule is CNS(=O)(=O)c1ccc(C(=O)N2CC(C)OC(C)(C)C2)cc1.